The van der Waals surface area contributed by atoms with Crippen LogP contribution in [-0.4, -0.2) is 29.1 Å². The summed E-state index contributed by atoms with van der Waals surface area (Å²) in [6.07, 6.45) is 1.55. The maximum absolute atomic E-state index is 12.3. The van der Waals surface area contributed by atoms with Crippen molar-refractivity contribution in [3.8, 4) is 0 Å². The molecule has 1 amide bonds. The highest BCUT2D eigenvalue weighted by Crippen LogP contribution is 2.27. The van der Waals surface area contributed by atoms with Crippen LogP contribution in [0.25, 0.3) is 10.2 Å². The highest BCUT2D eigenvalue weighted by atomic mass is 32.1. The molecule has 0 fully saturated rings. The lowest BCUT2D eigenvalue weighted by atomic mass is 10.00. The van der Waals surface area contributed by atoms with Gasteiger partial charge in [0.2, 0.25) is 0 Å². The van der Waals surface area contributed by atoms with Gasteiger partial charge in [0.15, 0.2) is 0 Å². The van der Waals surface area contributed by atoms with E-state index in [1.807, 2.05) is 29.6 Å². The molecule has 3 aromatic rings. The number of amides is 1. The highest BCUT2D eigenvalue weighted by molar-refractivity contribution is 7.16. The van der Waals surface area contributed by atoms with Crippen molar-refractivity contribution >= 4 is 38.8 Å². The number of aliphatic hydroxyl groups is 1. The fourth-order valence-electron chi connectivity index (χ4n) is 2.57. The molecule has 0 saturated heterocycles. The van der Waals surface area contributed by atoms with Gasteiger partial charge in [-0.05, 0) is 48.4 Å². The third kappa shape index (κ3) is 3.96. The standard InChI is InChI=1S/C17H18N2O2S2/c20-8-6-12(15-2-1-9-22-15)5-7-18-17(21)13-3-4-14-16(10-13)23-11-19-14/h1-4,9-12,20H,5-8H2,(H,18,21)/t12-/m0/s1. The molecule has 0 unspecified atom stereocenters. The van der Waals surface area contributed by atoms with Gasteiger partial charge in [-0.1, -0.05) is 6.07 Å². The fourth-order valence-corrected chi connectivity index (χ4v) is 4.18. The van der Waals surface area contributed by atoms with Gasteiger partial charge in [0.25, 0.3) is 5.91 Å². The molecule has 2 aromatic heterocycles. The number of aromatic nitrogens is 1. The minimum atomic E-state index is -0.0609. The predicted octanol–water partition coefficient (Wildman–Crippen LogP) is 3.64. The van der Waals surface area contributed by atoms with Gasteiger partial charge in [0.1, 0.15) is 0 Å². The van der Waals surface area contributed by atoms with Crippen LogP contribution in [0.3, 0.4) is 0 Å². The summed E-state index contributed by atoms with van der Waals surface area (Å²) in [7, 11) is 0. The molecule has 6 heteroatoms. The molecule has 2 heterocycles. The zero-order valence-corrected chi connectivity index (χ0v) is 14.2. The van der Waals surface area contributed by atoms with E-state index in [1.54, 1.807) is 16.8 Å². The van der Waals surface area contributed by atoms with Gasteiger partial charge >= 0.3 is 0 Å². The van der Waals surface area contributed by atoms with Crippen LogP contribution < -0.4 is 5.32 Å². The number of thiophene rings is 1. The first kappa shape index (κ1) is 16.1. The minimum Gasteiger partial charge on any atom is -0.396 e. The zero-order valence-electron chi connectivity index (χ0n) is 12.6. The largest absolute Gasteiger partial charge is 0.396 e. The number of hydrogen-bond acceptors (Lipinski definition) is 5. The van der Waals surface area contributed by atoms with Crippen LogP contribution in [0.5, 0.6) is 0 Å². The summed E-state index contributed by atoms with van der Waals surface area (Å²) in [6.45, 7) is 0.765. The molecular formula is C17H18N2O2S2. The van der Waals surface area contributed by atoms with E-state index in [1.165, 1.54) is 16.2 Å². The Morgan fingerprint density at radius 2 is 2.17 bits per heavy atom. The second-order valence-electron chi connectivity index (χ2n) is 5.30. The van der Waals surface area contributed by atoms with Crippen molar-refractivity contribution in [2.45, 2.75) is 18.8 Å². The van der Waals surface area contributed by atoms with E-state index in [4.69, 9.17) is 0 Å². The predicted molar refractivity (Wildman–Crippen MR) is 95.3 cm³/mol. The number of nitrogens with one attached hydrogen (secondary N) is 1. The molecule has 0 radical (unpaired) electrons. The molecule has 3 rings (SSSR count). The topological polar surface area (TPSA) is 62.2 Å². The molecule has 0 aliphatic heterocycles. The van der Waals surface area contributed by atoms with Crippen LogP contribution >= 0.6 is 22.7 Å². The Balaban J connectivity index is 1.57. The average Bonchev–Trinajstić information content (AvgIpc) is 3.24. The van der Waals surface area contributed by atoms with Crippen molar-refractivity contribution in [2.24, 2.45) is 0 Å². The van der Waals surface area contributed by atoms with Crippen LogP contribution in [0.4, 0.5) is 0 Å². The van der Waals surface area contributed by atoms with Crippen LogP contribution in [0.1, 0.15) is 34.0 Å². The van der Waals surface area contributed by atoms with Crippen molar-refractivity contribution < 1.29 is 9.90 Å². The molecule has 4 nitrogen and oxygen atoms in total. The molecule has 23 heavy (non-hydrogen) atoms. The first-order valence-electron chi connectivity index (χ1n) is 7.53. The van der Waals surface area contributed by atoms with E-state index < -0.39 is 0 Å². The van der Waals surface area contributed by atoms with Crippen molar-refractivity contribution in [2.75, 3.05) is 13.2 Å². The lowest BCUT2D eigenvalue weighted by Crippen LogP contribution is -2.25. The molecule has 0 saturated carbocycles. The van der Waals surface area contributed by atoms with E-state index in [0.717, 1.165) is 23.1 Å². The maximum Gasteiger partial charge on any atom is 0.251 e. The fraction of sp³-hybridized carbons (Fsp3) is 0.294. The number of rotatable bonds is 7. The molecule has 0 aliphatic carbocycles. The van der Waals surface area contributed by atoms with Crippen LogP contribution in [0.2, 0.25) is 0 Å². The first-order chi connectivity index (χ1) is 11.3. The number of thiazole rings is 1. The van der Waals surface area contributed by atoms with Gasteiger partial charge in [-0.2, -0.15) is 0 Å². The smallest absolute Gasteiger partial charge is 0.251 e. The number of carbonyl (C=O) groups is 1. The molecular weight excluding hydrogens is 328 g/mol. The molecule has 0 spiro atoms. The van der Waals surface area contributed by atoms with Gasteiger partial charge < -0.3 is 10.4 Å². The number of hydrogen-bond donors (Lipinski definition) is 2. The summed E-state index contributed by atoms with van der Waals surface area (Å²) >= 11 is 3.23. The lowest BCUT2D eigenvalue weighted by molar-refractivity contribution is 0.0952. The van der Waals surface area contributed by atoms with Gasteiger partial charge in [-0.3, -0.25) is 4.79 Å². The molecule has 0 aliphatic rings. The van der Waals surface area contributed by atoms with Crippen molar-refractivity contribution in [1.29, 1.82) is 0 Å². The Morgan fingerprint density at radius 3 is 2.96 bits per heavy atom. The van der Waals surface area contributed by atoms with Crippen LogP contribution in [0.15, 0.2) is 41.2 Å². The first-order valence-corrected chi connectivity index (χ1v) is 9.29. The van der Waals surface area contributed by atoms with Gasteiger partial charge in [0, 0.05) is 23.6 Å². The third-order valence-electron chi connectivity index (χ3n) is 3.79. The van der Waals surface area contributed by atoms with E-state index in [-0.39, 0.29) is 12.5 Å². The Bertz CT molecular complexity index is 768. The van der Waals surface area contributed by atoms with Gasteiger partial charge in [-0.25, -0.2) is 4.98 Å². The third-order valence-corrected chi connectivity index (χ3v) is 5.62. The van der Waals surface area contributed by atoms with Crippen molar-refractivity contribution in [3.05, 3.63) is 51.7 Å². The number of carbonyl (C=O) groups excluding carboxylic acids is 1. The molecule has 1 atom stereocenters. The number of aliphatic hydroxyl groups excluding tert-OH is 1. The zero-order chi connectivity index (χ0) is 16.1. The summed E-state index contributed by atoms with van der Waals surface area (Å²) < 4.78 is 1.02. The lowest BCUT2D eigenvalue weighted by Gasteiger charge is -2.14. The second-order valence-corrected chi connectivity index (χ2v) is 7.17. The second kappa shape index (κ2) is 7.68. The quantitative estimate of drug-likeness (QED) is 0.686. The highest BCUT2D eigenvalue weighted by Gasteiger charge is 2.13. The van der Waals surface area contributed by atoms with E-state index in [9.17, 15) is 9.90 Å². The van der Waals surface area contributed by atoms with E-state index >= 15 is 0 Å². The van der Waals surface area contributed by atoms with Crippen molar-refractivity contribution in [3.63, 3.8) is 0 Å². The molecule has 120 valence electrons. The molecule has 0 bridgehead atoms. The molecule has 2 N–H and O–H groups in total. The van der Waals surface area contributed by atoms with Crippen molar-refractivity contribution in [1.82, 2.24) is 10.3 Å². The monoisotopic (exact) mass is 346 g/mol. The number of benzene rings is 1. The SMILES string of the molecule is O=C(NCC[C@@H](CCO)c1cccs1)c1ccc2ncsc2c1. The Kier molecular flexibility index (Phi) is 5.38. The van der Waals surface area contributed by atoms with Crippen LogP contribution in [0, 0.1) is 0 Å². The summed E-state index contributed by atoms with van der Waals surface area (Å²) in [5.41, 5.74) is 3.37. The average molecular weight is 346 g/mol. The summed E-state index contributed by atoms with van der Waals surface area (Å²) in [5.74, 6) is 0.235. The van der Waals surface area contributed by atoms with E-state index in [2.05, 4.69) is 16.4 Å². The number of fused-ring (bicyclic) bond motifs is 1. The minimum absolute atomic E-state index is 0.0609. The summed E-state index contributed by atoms with van der Waals surface area (Å²) in [6, 6.07) is 9.67. The number of nitrogens with zero attached hydrogens (tertiary/aromatic N) is 1. The Labute approximate surface area is 142 Å². The summed E-state index contributed by atoms with van der Waals surface area (Å²) in [4.78, 5) is 17.7. The maximum atomic E-state index is 12.3. The van der Waals surface area contributed by atoms with Gasteiger partial charge in [0.05, 0.1) is 15.7 Å². The molecule has 1 aromatic carbocycles. The summed E-state index contributed by atoms with van der Waals surface area (Å²) in [5, 5.41) is 14.2. The van der Waals surface area contributed by atoms with Gasteiger partial charge in [-0.15, -0.1) is 22.7 Å². The Morgan fingerprint density at radius 1 is 1.26 bits per heavy atom. The normalized spacial score (nSPS) is 12.4. The Hall–Kier alpha value is -1.76. The van der Waals surface area contributed by atoms with Crippen LogP contribution in [-0.2, 0) is 0 Å². The van der Waals surface area contributed by atoms with E-state index in [0.29, 0.717) is 18.0 Å².